The van der Waals surface area contributed by atoms with E-state index in [-0.39, 0.29) is 12.3 Å². The van der Waals surface area contributed by atoms with Gasteiger partial charge in [0.1, 0.15) is 5.75 Å². The van der Waals surface area contributed by atoms with E-state index >= 15 is 0 Å². The summed E-state index contributed by atoms with van der Waals surface area (Å²) in [7, 11) is 4.28. The van der Waals surface area contributed by atoms with Crippen molar-refractivity contribution in [1.29, 1.82) is 0 Å². The SMILES string of the molecule is COC(=O)C1=C(C)NC(C)=C(C(=O)OC)C1CCCCC(=O)NC(=O)NCCCN1CCC(c2cccc(OC)c2)CC1. The molecule has 43 heavy (non-hydrogen) atoms. The number of nitrogens with one attached hydrogen (secondary N) is 3. The molecule has 3 rings (SSSR count). The van der Waals surface area contributed by atoms with E-state index in [0.29, 0.717) is 54.3 Å². The molecule has 11 nitrogen and oxygen atoms in total. The average molecular weight is 599 g/mol. The van der Waals surface area contributed by atoms with Crippen LogP contribution in [0.4, 0.5) is 4.79 Å². The van der Waals surface area contributed by atoms with Gasteiger partial charge in [-0.3, -0.25) is 10.1 Å². The van der Waals surface area contributed by atoms with E-state index in [9.17, 15) is 19.2 Å². The number of rotatable bonds is 13. The van der Waals surface area contributed by atoms with Crippen LogP contribution in [0.1, 0.15) is 70.3 Å². The largest absolute Gasteiger partial charge is 0.497 e. The van der Waals surface area contributed by atoms with Crippen molar-refractivity contribution in [3.8, 4) is 5.75 Å². The second-order valence-corrected chi connectivity index (χ2v) is 11.0. The molecule has 0 atom stereocenters. The summed E-state index contributed by atoms with van der Waals surface area (Å²) in [5.41, 5.74) is 3.31. The zero-order valence-electron chi connectivity index (χ0n) is 26.0. The third-order valence-corrected chi connectivity index (χ3v) is 8.18. The lowest BCUT2D eigenvalue weighted by atomic mass is 9.82. The van der Waals surface area contributed by atoms with Crippen LogP contribution < -0.4 is 20.7 Å². The number of imide groups is 1. The first kappa shape index (κ1) is 33.6. The molecule has 2 heterocycles. The molecule has 11 heteroatoms. The number of methoxy groups -OCH3 is 3. The van der Waals surface area contributed by atoms with E-state index in [2.05, 4.69) is 33.0 Å². The number of dihydropyridines is 1. The number of carbonyl (C=O) groups excluding carboxylic acids is 4. The van der Waals surface area contributed by atoms with Crippen LogP contribution >= 0.6 is 0 Å². The molecule has 2 aliphatic rings. The second-order valence-electron chi connectivity index (χ2n) is 11.0. The molecular formula is C32H46N4O7. The molecule has 1 aromatic rings. The molecular weight excluding hydrogens is 552 g/mol. The first-order chi connectivity index (χ1) is 20.7. The van der Waals surface area contributed by atoms with Crippen LogP contribution in [0.3, 0.4) is 0 Å². The molecule has 0 spiro atoms. The lowest BCUT2D eigenvalue weighted by molar-refractivity contribution is -0.137. The Morgan fingerprint density at radius 1 is 0.930 bits per heavy atom. The third-order valence-electron chi connectivity index (χ3n) is 8.18. The van der Waals surface area contributed by atoms with Gasteiger partial charge in [0.05, 0.1) is 32.5 Å². The van der Waals surface area contributed by atoms with Gasteiger partial charge in [-0.25, -0.2) is 14.4 Å². The molecule has 3 N–H and O–H groups in total. The van der Waals surface area contributed by atoms with E-state index in [1.165, 1.54) is 19.8 Å². The topological polar surface area (TPSA) is 135 Å². The van der Waals surface area contributed by atoms with Crippen LogP contribution in [0.5, 0.6) is 5.75 Å². The fourth-order valence-electron chi connectivity index (χ4n) is 5.94. The molecule has 1 fully saturated rings. The molecule has 0 unspecified atom stereocenters. The minimum Gasteiger partial charge on any atom is -0.497 e. The lowest BCUT2D eigenvalue weighted by Crippen LogP contribution is -2.41. The third kappa shape index (κ3) is 9.57. The first-order valence-corrected chi connectivity index (χ1v) is 15.0. The smallest absolute Gasteiger partial charge is 0.336 e. The van der Waals surface area contributed by atoms with Gasteiger partial charge in [0.15, 0.2) is 0 Å². The Morgan fingerprint density at radius 2 is 1.58 bits per heavy atom. The molecule has 236 valence electrons. The number of nitrogens with zero attached hydrogens (tertiary/aromatic N) is 1. The van der Waals surface area contributed by atoms with Crippen LogP contribution in [0.2, 0.25) is 0 Å². The molecule has 1 saturated heterocycles. The quantitative estimate of drug-likeness (QED) is 0.229. The normalized spacial score (nSPS) is 16.4. The van der Waals surface area contributed by atoms with Crippen molar-refractivity contribution in [3.05, 3.63) is 52.4 Å². The zero-order chi connectivity index (χ0) is 31.4. The van der Waals surface area contributed by atoms with Crippen molar-refractivity contribution < 1.29 is 33.4 Å². The highest BCUT2D eigenvalue weighted by Gasteiger charge is 2.36. The van der Waals surface area contributed by atoms with Crippen molar-refractivity contribution in [1.82, 2.24) is 20.9 Å². The van der Waals surface area contributed by atoms with Crippen molar-refractivity contribution in [2.75, 3.05) is 47.5 Å². The highest BCUT2D eigenvalue weighted by atomic mass is 16.5. The number of esters is 2. The van der Waals surface area contributed by atoms with Gasteiger partial charge in [-0.15, -0.1) is 0 Å². The fourth-order valence-corrected chi connectivity index (χ4v) is 5.94. The highest BCUT2D eigenvalue weighted by molar-refractivity contribution is 5.97. The number of ether oxygens (including phenoxy) is 3. The minimum absolute atomic E-state index is 0.146. The van der Waals surface area contributed by atoms with E-state index in [4.69, 9.17) is 14.2 Å². The maximum atomic E-state index is 12.5. The number of benzene rings is 1. The number of urea groups is 1. The van der Waals surface area contributed by atoms with Gasteiger partial charge >= 0.3 is 18.0 Å². The number of amides is 3. The highest BCUT2D eigenvalue weighted by Crippen LogP contribution is 2.35. The molecule has 2 aliphatic heterocycles. The summed E-state index contributed by atoms with van der Waals surface area (Å²) in [5.74, 6) is -0.496. The first-order valence-electron chi connectivity index (χ1n) is 15.0. The Hall–Kier alpha value is -3.86. The van der Waals surface area contributed by atoms with Gasteiger partial charge in [-0.05, 0) is 89.2 Å². The number of likely N-dealkylation sites (tertiary alicyclic amines) is 1. The zero-order valence-corrected chi connectivity index (χ0v) is 26.0. The minimum atomic E-state index is -0.518. The molecule has 1 aromatic carbocycles. The van der Waals surface area contributed by atoms with Crippen LogP contribution in [-0.4, -0.2) is 76.3 Å². The maximum Gasteiger partial charge on any atom is 0.336 e. The average Bonchev–Trinajstić information content (AvgIpc) is 3.01. The Kier molecular flexibility index (Phi) is 13.1. The Morgan fingerprint density at radius 3 is 2.19 bits per heavy atom. The standard InChI is InChI=1S/C32H46N4O7/c1-21-28(30(38)42-4)26(29(22(2)34-21)31(39)43-5)12-6-7-13-27(37)35-32(40)33-16-9-17-36-18-14-23(15-19-36)24-10-8-11-25(20-24)41-3/h8,10-11,20,23,26,34H,6-7,9,12-19H2,1-5H3,(H2,33,35,37,40). The number of hydrogen-bond acceptors (Lipinski definition) is 9. The predicted octanol–water partition coefficient (Wildman–Crippen LogP) is 3.76. The summed E-state index contributed by atoms with van der Waals surface area (Å²) in [4.78, 5) is 52.0. The monoisotopic (exact) mass is 598 g/mol. The van der Waals surface area contributed by atoms with Crippen LogP contribution in [0.15, 0.2) is 46.8 Å². The number of unbranched alkanes of at least 4 members (excludes halogenated alkanes) is 1. The molecule has 0 saturated carbocycles. The Bertz CT molecular complexity index is 1180. The van der Waals surface area contributed by atoms with Crippen LogP contribution in [0.25, 0.3) is 0 Å². The predicted molar refractivity (Wildman–Crippen MR) is 162 cm³/mol. The fraction of sp³-hybridized carbons (Fsp3) is 0.562. The molecule has 0 aromatic heterocycles. The van der Waals surface area contributed by atoms with Crippen molar-refractivity contribution in [2.45, 2.75) is 64.7 Å². The summed E-state index contributed by atoms with van der Waals surface area (Å²) in [6.07, 6.45) is 4.60. The van der Waals surface area contributed by atoms with E-state index in [1.54, 1.807) is 21.0 Å². The summed E-state index contributed by atoms with van der Waals surface area (Å²) in [6, 6.07) is 7.79. The lowest BCUT2D eigenvalue weighted by Gasteiger charge is -2.32. The molecule has 0 bridgehead atoms. The van der Waals surface area contributed by atoms with E-state index in [1.807, 2.05) is 12.1 Å². The summed E-state index contributed by atoms with van der Waals surface area (Å²) < 4.78 is 15.3. The van der Waals surface area contributed by atoms with Crippen LogP contribution in [-0.2, 0) is 23.9 Å². The van der Waals surface area contributed by atoms with Gasteiger partial charge in [-0.2, -0.15) is 0 Å². The van der Waals surface area contributed by atoms with Crippen molar-refractivity contribution in [2.24, 2.45) is 5.92 Å². The van der Waals surface area contributed by atoms with Gasteiger partial charge in [-0.1, -0.05) is 18.6 Å². The molecule has 0 radical (unpaired) electrons. The van der Waals surface area contributed by atoms with Gasteiger partial charge in [0.25, 0.3) is 0 Å². The number of piperidine rings is 1. The van der Waals surface area contributed by atoms with E-state index in [0.717, 1.165) is 44.6 Å². The second kappa shape index (κ2) is 16.7. The number of allylic oxidation sites excluding steroid dienone is 2. The van der Waals surface area contributed by atoms with Crippen LogP contribution in [0, 0.1) is 5.92 Å². The van der Waals surface area contributed by atoms with Gasteiger partial charge < -0.3 is 29.7 Å². The summed E-state index contributed by atoms with van der Waals surface area (Å²) in [5, 5.41) is 8.22. The number of carbonyl (C=O) groups is 4. The van der Waals surface area contributed by atoms with E-state index < -0.39 is 23.9 Å². The van der Waals surface area contributed by atoms with Gasteiger partial charge in [0, 0.05) is 30.3 Å². The Labute approximate surface area is 254 Å². The Balaban J connectivity index is 1.34. The van der Waals surface area contributed by atoms with Crippen molar-refractivity contribution in [3.63, 3.8) is 0 Å². The van der Waals surface area contributed by atoms with Gasteiger partial charge in [0.2, 0.25) is 5.91 Å². The number of hydrogen-bond donors (Lipinski definition) is 3. The summed E-state index contributed by atoms with van der Waals surface area (Å²) >= 11 is 0. The molecule has 3 amide bonds. The van der Waals surface area contributed by atoms with Crippen molar-refractivity contribution >= 4 is 23.9 Å². The molecule has 0 aliphatic carbocycles. The summed E-state index contributed by atoms with van der Waals surface area (Å²) in [6.45, 7) is 6.91. The maximum absolute atomic E-state index is 12.5.